The van der Waals surface area contributed by atoms with Crippen molar-refractivity contribution in [2.75, 3.05) is 7.11 Å². The maximum Gasteiger partial charge on any atom is 0.341 e. The molecule has 1 N–H and O–H groups in total. The molecule has 0 radical (unpaired) electrons. The number of hydrogen-bond donors (Lipinski definition) is 1. The summed E-state index contributed by atoms with van der Waals surface area (Å²) >= 11 is 0. The summed E-state index contributed by atoms with van der Waals surface area (Å²) < 4.78 is 10.1. The lowest BCUT2D eigenvalue weighted by molar-refractivity contribution is 0.0599. The topological polar surface area (TPSA) is 51.5 Å². The molecule has 1 atom stereocenters. The molecule has 16 heavy (non-hydrogen) atoms. The molecule has 0 saturated heterocycles. The Labute approximate surface area is 95.3 Å². The first kappa shape index (κ1) is 12.5. The molecule has 1 heterocycles. The maximum atomic E-state index is 11.3. The molecule has 1 aromatic heterocycles. The zero-order valence-electron chi connectivity index (χ0n) is 9.87. The van der Waals surface area contributed by atoms with Crippen LogP contribution >= 0.6 is 0 Å². The molecule has 0 fully saturated rings. The van der Waals surface area contributed by atoms with Crippen LogP contribution in [0.2, 0.25) is 0 Å². The fourth-order valence-electron chi connectivity index (χ4n) is 1.29. The third-order valence-electron chi connectivity index (χ3n) is 2.33. The lowest BCUT2D eigenvalue weighted by Crippen LogP contribution is -2.22. The third kappa shape index (κ3) is 2.97. The zero-order chi connectivity index (χ0) is 12.1. The van der Waals surface area contributed by atoms with Crippen LogP contribution < -0.4 is 5.32 Å². The summed E-state index contributed by atoms with van der Waals surface area (Å²) in [6, 6.07) is 1.90. The van der Waals surface area contributed by atoms with Crippen molar-refractivity contribution >= 4 is 5.97 Å². The predicted octanol–water partition coefficient (Wildman–Crippen LogP) is 2.04. The van der Waals surface area contributed by atoms with E-state index in [1.54, 1.807) is 19.1 Å². The van der Waals surface area contributed by atoms with Crippen molar-refractivity contribution in [3.05, 3.63) is 35.8 Å². The van der Waals surface area contributed by atoms with Gasteiger partial charge in [0, 0.05) is 6.04 Å². The van der Waals surface area contributed by atoms with Gasteiger partial charge < -0.3 is 14.5 Å². The first-order valence-electron chi connectivity index (χ1n) is 5.12. The first-order chi connectivity index (χ1) is 7.58. The Morgan fingerprint density at radius 3 is 3.00 bits per heavy atom. The van der Waals surface area contributed by atoms with E-state index in [0.717, 1.165) is 0 Å². The van der Waals surface area contributed by atoms with Crippen LogP contribution in [0.15, 0.2) is 23.1 Å². The molecule has 88 valence electrons. The van der Waals surface area contributed by atoms with Crippen LogP contribution in [-0.4, -0.2) is 19.1 Å². The lowest BCUT2D eigenvalue weighted by atomic mass is 10.2. The smallest absolute Gasteiger partial charge is 0.341 e. The number of furan rings is 1. The highest BCUT2D eigenvalue weighted by molar-refractivity contribution is 5.90. The van der Waals surface area contributed by atoms with Crippen LogP contribution in [0.5, 0.6) is 0 Å². The van der Waals surface area contributed by atoms with Gasteiger partial charge in [0.1, 0.15) is 17.1 Å². The molecule has 0 spiro atoms. The molecule has 1 rings (SSSR count). The minimum atomic E-state index is -0.371. The largest absolute Gasteiger partial charge is 0.465 e. The summed E-state index contributed by atoms with van der Waals surface area (Å²) in [4.78, 5) is 11.3. The summed E-state index contributed by atoms with van der Waals surface area (Å²) in [5.41, 5.74) is 0.477. The molecular formula is C12H17NO3. The molecular weight excluding hydrogens is 206 g/mol. The second kappa shape index (κ2) is 5.51. The predicted molar refractivity (Wildman–Crippen MR) is 61.3 cm³/mol. The van der Waals surface area contributed by atoms with Crippen LogP contribution in [0.4, 0.5) is 0 Å². The lowest BCUT2D eigenvalue weighted by Gasteiger charge is -2.05. The molecule has 1 aromatic rings. The molecule has 0 bridgehead atoms. The second-order valence-corrected chi connectivity index (χ2v) is 3.58. The highest BCUT2D eigenvalue weighted by Crippen LogP contribution is 2.15. The van der Waals surface area contributed by atoms with Gasteiger partial charge in [-0.25, -0.2) is 4.79 Å². The molecule has 0 saturated carbocycles. The van der Waals surface area contributed by atoms with Gasteiger partial charge in [0.05, 0.1) is 13.7 Å². The van der Waals surface area contributed by atoms with Crippen molar-refractivity contribution in [1.82, 2.24) is 5.32 Å². The normalized spacial score (nSPS) is 12.2. The van der Waals surface area contributed by atoms with E-state index in [2.05, 4.69) is 16.6 Å². The Bertz CT molecular complexity index is 382. The quantitative estimate of drug-likeness (QED) is 0.613. The fraction of sp³-hybridized carbons (Fsp3) is 0.417. The van der Waals surface area contributed by atoms with Gasteiger partial charge in [0.15, 0.2) is 0 Å². The number of nitrogens with one attached hydrogen (secondary N) is 1. The van der Waals surface area contributed by atoms with Crippen molar-refractivity contribution in [2.45, 2.75) is 26.4 Å². The first-order valence-corrected chi connectivity index (χ1v) is 5.12. The SMILES string of the molecule is C=CC(C)NCc1cc(C(=O)OC)c(C)o1. The average molecular weight is 223 g/mol. The standard InChI is InChI=1S/C12H17NO3/c1-5-8(2)13-7-10-6-11(9(3)16-10)12(14)15-4/h5-6,8,13H,1,7H2,2-4H3. The van der Waals surface area contributed by atoms with Gasteiger partial charge in [-0.1, -0.05) is 6.08 Å². The van der Waals surface area contributed by atoms with Crippen LogP contribution in [-0.2, 0) is 11.3 Å². The Morgan fingerprint density at radius 2 is 2.44 bits per heavy atom. The van der Waals surface area contributed by atoms with E-state index in [-0.39, 0.29) is 12.0 Å². The molecule has 0 amide bonds. The van der Waals surface area contributed by atoms with E-state index in [4.69, 9.17) is 4.42 Å². The molecule has 0 aliphatic heterocycles. The highest BCUT2D eigenvalue weighted by Gasteiger charge is 2.15. The molecule has 4 nitrogen and oxygen atoms in total. The fourth-order valence-corrected chi connectivity index (χ4v) is 1.29. The highest BCUT2D eigenvalue weighted by atomic mass is 16.5. The van der Waals surface area contributed by atoms with Crippen molar-refractivity contribution in [3.63, 3.8) is 0 Å². The van der Waals surface area contributed by atoms with Crippen LogP contribution in [0, 0.1) is 6.92 Å². The summed E-state index contributed by atoms with van der Waals surface area (Å²) in [7, 11) is 1.35. The van der Waals surface area contributed by atoms with Crippen LogP contribution in [0.25, 0.3) is 0 Å². The van der Waals surface area contributed by atoms with Gasteiger partial charge in [0.25, 0.3) is 0 Å². The summed E-state index contributed by atoms with van der Waals surface area (Å²) in [5, 5.41) is 3.18. The molecule has 0 aliphatic rings. The summed E-state index contributed by atoms with van der Waals surface area (Å²) in [6.45, 7) is 7.96. The number of aryl methyl sites for hydroxylation is 1. The van der Waals surface area contributed by atoms with E-state index < -0.39 is 0 Å². The number of ether oxygens (including phenoxy) is 1. The van der Waals surface area contributed by atoms with E-state index in [1.807, 2.05) is 6.92 Å². The van der Waals surface area contributed by atoms with Crippen LogP contribution in [0.3, 0.4) is 0 Å². The number of methoxy groups -OCH3 is 1. The number of hydrogen-bond acceptors (Lipinski definition) is 4. The molecule has 0 aromatic carbocycles. The number of esters is 1. The van der Waals surface area contributed by atoms with Crippen molar-refractivity contribution in [3.8, 4) is 0 Å². The number of carbonyl (C=O) groups is 1. The van der Waals surface area contributed by atoms with Gasteiger partial charge in [-0.05, 0) is 19.9 Å². The van der Waals surface area contributed by atoms with Crippen molar-refractivity contribution < 1.29 is 13.9 Å². The van der Waals surface area contributed by atoms with E-state index in [1.165, 1.54) is 7.11 Å². The molecule has 4 heteroatoms. The number of carbonyl (C=O) groups excluding carboxylic acids is 1. The minimum Gasteiger partial charge on any atom is -0.465 e. The Kier molecular flexibility index (Phi) is 4.31. The van der Waals surface area contributed by atoms with Gasteiger partial charge >= 0.3 is 5.97 Å². The van der Waals surface area contributed by atoms with Gasteiger partial charge in [0.2, 0.25) is 0 Å². The third-order valence-corrected chi connectivity index (χ3v) is 2.33. The molecule has 1 unspecified atom stereocenters. The monoisotopic (exact) mass is 223 g/mol. The Balaban J connectivity index is 2.69. The maximum absolute atomic E-state index is 11.3. The average Bonchev–Trinajstić information content (AvgIpc) is 2.66. The van der Waals surface area contributed by atoms with Gasteiger partial charge in [-0.2, -0.15) is 0 Å². The van der Waals surface area contributed by atoms with Gasteiger partial charge in [-0.3, -0.25) is 0 Å². The van der Waals surface area contributed by atoms with Gasteiger partial charge in [-0.15, -0.1) is 6.58 Å². The number of rotatable bonds is 5. The van der Waals surface area contributed by atoms with Crippen molar-refractivity contribution in [2.24, 2.45) is 0 Å². The van der Waals surface area contributed by atoms with Crippen LogP contribution in [0.1, 0.15) is 28.8 Å². The Hall–Kier alpha value is -1.55. The second-order valence-electron chi connectivity index (χ2n) is 3.58. The molecule has 0 aliphatic carbocycles. The van der Waals surface area contributed by atoms with E-state index in [0.29, 0.717) is 23.6 Å². The zero-order valence-corrected chi connectivity index (χ0v) is 9.87. The summed E-state index contributed by atoms with van der Waals surface area (Å²) in [5.74, 6) is 0.922. The Morgan fingerprint density at radius 1 is 1.75 bits per heavy atom. The van der Waals surface area contributed by atoms with E-state index >= 15 is 0 Å². The minimum absolute atomic E-state index is 0.201. The van der Waals surface area contributed by atoms with Crippen molar-refractivity contribution in [1.29, 1.82) is 0 Å². The van der Waals surface area contributed by atoms with E-state index in [9.17, 15) is 4.79 Å². The summed E-state index contributed by atoms with van der Waals surface area (Å²) in [6.07, 6.45) is 1.80.